The third kappa shape index (κ3) is 7.70. The van der Waals surface area contributed by atoms with Gasteiger partial charge in [0.15, 0.2) is 0 Å². The van der Waals surface area contributed by atoms with Crippen molar-refractivity contribution in [3.63, 3.8) is 0 Å². The van der Waals surface area contributed by atoms with Crippen LogP contribution in [0.3, 0.4) is 0 Å². The maximum atomic E-state index is 12.0. The fraction of sp³-hybridized carbons (Fsp3) is 0.857. The molecule has 110 valence electrons. The highest BCUT2D eigenvalue weighted by Gasteiger charge is 2.26. The molecule has 2 N–H and O–H groups in total. The number of nitrogens with zero attached hydrogens (tertiary/aromatic N) is 1. The molecular weight excluding hydrogens is 244 g/mol. The molecule has 0 aromatic heterocycles. The average Bonchev–Trinajstić information content (AvgIpc) is 3.16. The molecular formula is C14H26N2O3. The van der Waals surface area contributed by atoms with E-state index in [4.69, 9.17) is 5.11 Å². The molecule has 0 unspecified atom stereocenters. The van der Waals surface area contributed by atoms with E-state index in [0.29, 0.717) is 18.9 Å². The number of amides is 2. The molecule has 1 aliphatic carbocycles. The smallest absolute Gasteiger partial charge is 0.317 e. The van der Waals surface area contributed by atoms with Crippen molar-refractivity contribution in [1.29, 1.82) is 0 Å². The Kier molecular flexibility index (Phi) is 7.30. The van der Waals surface area contributed by atoms with Crippen molar-refractivity contribution in [2.24, 2.45) is 5.92 Å². The largest absolute Gasteiger partial charge is 0.481 e. The molecule has 1 fully saturated rings. The Morgan fingerprint density at radius 1 is 1.26 bits per heavy atom. The lowest BCUT2D eigenvalue weighted by Crippen LogP contribution is -2.41. The topological polar surface area (TPSA) is 69.6 Å². The van der Waals surface area contributed by atoms with E-state index in [1.807, 2.05) is 4.90 Å². The van der Waals surface area contributed by atoms with Crippen molar-refractivity contribution in [3.05, 3.63) is 0 Å². The van der Waals surface area contributed by atoms with Crippen LogP contribution >= 0.6 is 0 Å². The van der Waals surface area contributed by atoms with Gasteiger partial charge in [-0.1, -0.05) is 13.3 Å². The maximum absolute atomic E-state index is 12.0. The number of carboxylic acids is 1. The van der Waals surface area contributed by atoms with Crippen molar-refractivity contribution < 1.29 is 14.7 Å². The molecule has 0 radical (unpaired) electrons. The molecule has 0 atom stereocenters. The number of aliphatic carboxylic acids is 1. The van der Waals surface area contributed by atoms with Crippen LogP contribution in [-0.2, 0) is 4.79 Å². The summed E-state index contributed by atoms with van der Waals surface area (Å²) in [6.07, 6.45) is 6.10. The van der Waals surface area contributed by atoms with Gasteiger partial charge in [0.05, 0.1) is 0 Å². The van der Waals surface area contributed by atoms with Crippen LogP contribution in [0.25, 0.3) is 0 Å². The highest BCUT2D eigenvalue weighted by Crippen LogP contribution is 2.29. The summed E-state index contributed by atoms with van der Waals surface area (Å²) >= 11 is 0. The minimum absolute atomic E-state index is 0.0342. The second kappa shape index (κ2) is 8.77. The molecule has 0 aliphatic heterocycles. The lowest BCUT2D eigenvalue weighted by atomic mass is 10.2. The second-order valence-electron chi connectivity index (χ2n) is 5.33. The van der Waals surface area contributed by atoms with Crippen LogP contribution in [0, 0.1) is 5.92 Å². The average molecular weight is 270 g/mol. The van der Waals surface area contributed by atoms with Crippen LogP contribution in [0.1, 0.15) is 51.9 Å². The zero-order valence-corrected chi connectivity index (χ0v) is 11.9. The second-order valence-corrected chi connectivity index (χ2v) is 5.33. The summed E-state index contributed by atoms with van der Waals surface area (Å²) in [5.41, 5.74) is 0. The highest BCUT2D eigenvalue weighted by molar-refractivity contribution is 5.74. The summed E-state index contributed by atoms with van der Waals surface area (Å²) in [5, 5.41) is 11.4. The van der Waals surface area contributed by atoms with Gasteiger partial charge in [0.25, 0.3) is 0 Å². The van der Waals surface area contributed by atoms with Gasteiger partial charge in [-0.05, 0) is 38.0 Å². The number of urea groups is 1. The van der Waals surface area contributed by atoms with E-state index in [-0.39, 0.29) is 12.5 Å². The predicted octanol–water partition coefficient (Wildman–Crippen LogP) is 2.46. The Balaban J connectivity index is 2.08. The zero-order chi connectivity index (χ0) is 14.1. The van der Waals surface area contributed by atoms with E-state index in [1.54, 1.807) is 0 Å². The molecule has 19 heavy (non-hydrogen) atoms. The number of rotatable bonds is 10. The van der Waals surface area contributed by atoms with Gasteiger partial charge < -0.3 is 15.3 Å². The highest BCUT2D eigenvalue weighted by atomic mass is 16.4. The summed E-state index contributed by atoms with van der Waals surface area (Å²) in [6, 6.07) is 0.0342. The molecule has 0 saturated heterocycles. The summed E-state index contributed by atoms with van der Waals surface area (Å²) in [6.45, 7) is 4.43. The van der Waals surface area contributed by atoms with E-state index in [9.17, 15) is 9.59 Å². The fourth-order valence-electron chi connectivity index (χ4n) is 2.04. The monoisotopic (exact) mass is 270 g/mol. The van der Waals surface area contributed by atoms with Crippen molar-refractivity contribution >= 4 is 12.0 Å². The zero-order valence-electron chi connectivity index (χ0n) is 11.9. The molecule has 1 saturated carbocycles. The molecule has 5 nitrogen and oxygen atoms in total. The van der Waals surface area contributed by atoms with E-state index >= 15 is 0 Å². The Hall–Kier alpha value is -1.26. The molecule has 1 aliphatic rings. The quantitative estimate of drug-likeness (QED) is 0.599. The maximum Gasteiger partial charge on any atom is 0.317 e. The van der Waals surface area contributed by atoms with Crippen molar-refractivity contribution in [3.8, 4) is 0 Å². The first kappa shape index (κ1) is 15.8. The van der Waals surface area contributed by atoms with E-state index < -0.39 is 5.97 Å². The van der Waals surface area contributed by atoms with Gasteiger partial charge in [-0.25, -0.2) is 4.79 Å². The lowest BCUT2D eigenvalue weighted by molar-refractivity contribution is -0.137. The molecule has 0 aromatic rings. The van der Waals surface area contributed by atoms with Gasteiger partial charge in [0.2, 0.25) is 0 Å². The normalized spacial score (nSPS) is 14.2. The third-order valence-electron chi connectivity index (χ3n) is 3.30. The molecule has 1 rings (SSSR count). The molecule has 0 bridgehead atoms. The van der Waals surface area contributed by atoms with E-state index in [1.165, 1.54) is 12.8 Å². The van der Waals surface area contributed by atoms with Crippen molar-refractivity contribution in [2.75, 3.05) is 19.6 Å². The van der Waals surface area contributed by atoms with Gasteiger partial charge in [0.1, 0.15) is 0 Å². The number of unbranched alkanes of at least 4 members (excludes halogenated alkanes) is 2. The van der Waals surface area contributed by atoms with Crippen molar-refractivity contribution in [2.45, 2.75) is 51.9 Å². The molecule has 0 spiro atoms. The first-order valence-electron chi connectivity index (χ1n) is 7.38. The summed E-state index contributed by atoms with van der Waals surface area (Å²) in [7, 11) is 0. The number of carbonyl (C=O) groups excluding carboxylic acids is 1. The number of hydrogen-bond acceptors (Lipinski definition) is 2. The Morgan fingerprint density at radius 3 is 2.58 bits per heavy atom. The van der Waals surface area contributed by atoms with Gasteiger partial charge in [0, 0.05) is 26.1 Å². The number of carboxylic acid groups (broad SMARTS) is 1. The molecule has 0 aromatic carbocycles. The summed E-state index contributed by atoms with van der Waals surface area (Å²) < 4.78 is 0. The van der Waals surface area contributed by atoms with E-state index in [2.05, 4.69) is 12.2 Å². The number of nitrogens with one attached hydrogen (secondary N) is 1. The van der Waals surface area contributed by atoms with Crippen molar-refractivity contribution in [1.82, 2.24) is 10.2 Å². The standard InChI is InChI=1S/C14H26N2O3/c1-2-10-16(11-12-7-8-12)14(19)15-9-5-3-4-6-13(17)18/h12H,2-11H2,1H3,(H,15,19)(H,17,18). The number of hydrogen-bond donors (Lipinski definition) is 2. The third-order valence-corrected chi connectivity index (χ3v) is 3.30. The Morgan fingerprint density at radius 2 is 2.00 bits per heavy atom. The minimum Gasteiger partial charge on any atom is -0.481 e. The summed E-state index contributed by atoms with van der Waals surface area (Å²) in [4.78, 5) is 24.2. The SMILES string of the molecule is CCCN(CC1CC1)C(=O)NCCCCCC(=O)O. The van der Waals surface area contributed by atoms with Crippen LogP contribution in [0.5, 0.6) is 0 Å². The molecule has 5 heteroatoms. The van der Waals surface area contributed by atoms with Crippen LogP contribution in [0.15, 0.2) is 0 Å². The van der Waals surface area contributed by atoms with Gasteiger partial charge in [-0.15, -0.1) is 0 Å². The first-order valence-corrected chi connectivity index (χ1v) is 7.38. The molecule has 2 amide bonds. The first-order chi connectivity index (χ1) is 9.13. The Bertz CT molecular complexity index is 290. The van der Waals surface area contributed by atoms with Gasteiger partial charge >= 0.3 is 12.0 Å². The fourth-order valence-corrected chi connectivity index (χ4v) is 2.04. The van der Waals surface area contributed by atoms with E-state index in [0.717, 1.165) is 32.4 Å². The van der Waals surface area contributed by atoms with Gasteiger partial charge in [-0.3, -0.25) is 4.79 Å². The molecule has 0 heterocycles. The lowest BCUT2D eigenvalue weighted by Gasteiger charge is -2.22. The summed E-state index contributed by atoms with van der Waals surface area (Å²) in [5.74, 6) is -0.0320. The van der Waals surface area contributed by atoms with Crippen LogP contribution in [0.4, 0.5) is 4.79 Å². The van der Waals surface area contributed by atoms with Crippen LogP contribution in [0.2, 0.25) is 0 Å². The minimum atomic E-state index is -0.748. The van der Waals surface area contributed by atoms with Crippen LogP contribution in [-0.4, -0.2) is 41.6 Å². The van der Waals surface area contributed by atoms with Gasteiger partial charge in [-0.2, -0.15) is 0 Å². The number of carbonyl (C=O) groups is 2. The van der Waals surface area contributed by atoms with Crippen LogP contribution < -0.4 is 5.32 Å². The Labute approximate surface area is 115 Å². The predicted molar refractivity (Wildman–Crippen MR) is 74.1 cm³/mol.